The van der Waals surface area contributed by atoms with Gasteiger partial charge < -0.3 is 4.74 Å². The number of hydrogen-bond donors (Lipinski definition) is 0. The molecule has 0 radical (unpaired) electrons. The Kier molecular flexibility index (Phi) is 2.08. The minimum Gasteiger partial charge on any atom is -0.436 e. The zero-order valence-electron chi connectivity index (χ0n) is 9.59. The van der Waals surface area contributed by atoms with Crippen LogP contribution in [0.15, 0.2) is 54.3 Å². The molecule has 1 amide bonds. The molecule has 1 aliphatic carbocycles. The lowest BCUT2D eigenvalue weighted by Crippen LogP contribution is -2.29. The van der Waals surface area contributed by atoms with Gasteiger partial charge >= 0.3 is 6.09 Å². The maximum absolute atomic E-state index is 12.0. The lowest BCUT2D eigenvalue weighted by atomic mass is 9.93. The number of fused-ring (bicyclic) bond motifs is 1. The standard InChI is InChI=1S/C14H13NO2/c1-14-10-6-5-9-12(14)15(13(16)17-14)11-7-3-2-4-8-11/h2-9H,10H2,1H3. The molecule has 0 spiro atoms. The van der Waals surface area contributed by atoms with E-state index in [1.54, 1.807) is 4.90 Å². The largest absolute Gasteiger partial charge is 0.436 e. The topological polar surface area (TPSA) is 29.5 Å². The molecule has 1 unspecified atom stereocenters. The smallest absolute Gasteiger partial charge is 0.419 e. The SMILES string of the molecule is CC12CC=CC=C1N(c1ccccc1)C(=O)O2. The number of nitrogens with zero attached hydrogens (tertiary/aromatic N) is 1. The summed E-state index contributed by atoms with van der Waals surface area (Å²) in [5, 5.41) is 0. The highest BCUT2D eigenvalue weighted by Crippen LogP contribution is 2.40. The third-order valence-electron chi connectivity index (χ3n) is 3.19. The lowest BCUT2D eigenvalue weighted by Gasteiger charge is -2.25. The van der Waals surface area contributed by atoms with Crippen molar-refractivity contribution in [3.8, 4) is 0 Å². The molecule has 0 bridgehead atoms. The molecule has 1 aromatic carbocycles. The van der Waals surface area contributed by atoms with Crippen LogP contribution in [0.25, 0.3) is 0 Å². The van der Waals surface area contributed by atoms with Crippen molar-refractivity contribution in [2.75, 3.05) is 4.90 Å². The third kappa shape index (κ3) is 1.46. The second-order valence-electron chi connectivity index (χ2n) is 4.45. The summed E-state index contributed by atoms with van der Waals surface area (Å²) in [5.41, 5.74) is 1.25. The summed E-state index contributed by atoms with van der Waals surface area (Å²) in [6.07, 6.45) is 6.36. The number of rotatable bonds is 1. The van der Waals surface area contributed by atoms with Gasteiger partial charge in [0, 0.05) is 6.42 Å². The molecule has 1 saturated heterocycles. The number of benzene rings is 1. The van der Waals surface area contributed by atoms with E-state index in [1.165, 1.54) is 0 Å². The Balaban J connectivity index is 2.08. The summed E-state index contributed by atoms with van der Waals surface area (Å²) in [6, 6.07) is 9.58. The third-order valence-corrected chi connectivity index (χ3v) is 3.19. The summed E-state index contributed by atoms with van der Waals surface area (Å²) in [7, 11) is 0. The molecule has 3 nitrogen and oxygen atoms in total. The van der Waals surface area contributed by atoms with Crippen LogP contribution in [-0.2, 0) is 4.74 Å². The van der Waals surface area contributed by atoms with E-state index in [4.69, 9.17) is 4.74 Å². The predicted molar refractivity (Wildman–Crippen MR) is 65.6 cm³/mol. The first-order chi connectivity index (χ1) is 8.21. The van der Waals surface area contributed by atoms with Crippen LogP contribution < -0.4 is 4.90 Å². The Hall–Kier alpha value is -2.03. The first-order valence-electron chi connectivity index (χ1n) is 5.66. The maximum atomic E-state index is 12.0. The molecule has 1 fully saturated rings. The van der Waals surface area contributed by atoms with Crippen molar-refractivity contribution in [2.24, 2.45) is 0 Å². The number of ether oxygens (including phenoxy) is 1. The minimum atomic E-state index is -0.512. The molecule has 0 saturated carbocycles. The maximum Gasteiger partial charge on any atom is 0.419 e. The fourth-order valence-electron chi connectivity index (χ4n) is 2.30. The minimum absolute atomic E-state index is 0.298. The van der Waals surface area contributed by atoms with Gasteiger partial charge in [-0.05, 0) is 25.1 Å². The first kappa shape index (κ1) is 10.1. The van der Waals surface area contributed by atoms with Crippen molar-refractivity contribution in [1.29, 1.82) is 0 Å². The highest BCUT2D eigenvalue weighted by atomic mass is 16.6. The summed E-state index contributed by atoms with van der Waals surface area (Å²) >= 11 is 0. The van der Waals surface area contributed by atoms with E-state index in [-0.39, 0.29) is 6.09 Å². The molecule has 1 aromatic rings. The number of carbonyl (C=O) groups excluding carboxylic acids is 1. The van der Waals surface area contributed by atoms with Gasteiger partial charge in [-0.3, -0.25) is 0 Å². The highest BCUT2D eigenvalue weighted by Gasteiger charge is 2.47. The van der Waals surface area contributed by atoms with Gasteiger partial charge in [0.2, 0.25) is 0 Å². The Morgan fingerprint density at radius 2 is 2.06 bits per heavy atom. The molecule has 17 heavy (non-hydrogen) atoms. The van der Waals surface area contributed by atoms with Crippen molar-refractivity contribution in [1.82, 2.24) is 0 Å². The second kappa shape index (κ2) is 3.48. The van der Waals surface area contributed by atoms with Gasteiger partial charge in [-0.2, -0.15) is 0 Å². The van der Waals surface area contributed by atoms with Gasteiger partial charge in [0.05, 0.1) is 11.4 Å². The van der Waals surface area contributed by atoms with Crippen LogP contribution in [0.2, 0.25) is 0 Å². The zero-order chi connectivity index (χ0) is 11.9. The van der Waals surface area contributed by atoms with Crippen LogP contribution >= 0.6 is 0 Å². The van der Waals surface area contributed by atoms with Gasteiger partial charge in [0.1, 0.15) is 0 Å². The monoisotopic (exact) mass is 227 g/mol. The number of hydrogen-bond acceptors (Lipinski definition) is 2. The van der Waals surface area contributed by atoms with Crippen molar-refractivity contribution < 1.29 is 9.53 Å². The number of anilines is 1. The highest BCUT2D eigenvalue weighted by molar-refractivity contribution is 5.95. The Labute approximate surface area is 100.0 Å². The Morgan fingerprint density at radius 1 is 1.29 bits per heavy atom. The molecule has 3 rings (SSSR count). The Bertz CT molecular complexity index is 518. The van der Waals surface area contributed by atoms with E-state index in [0.29, 0.717) is 0 Å². The molecule has 0 N–H and O–H groups in total. The summed E-state index contributed by atoms with van der Waals surface area (Å²) in [5.74, 6) is 0. The summed E-state index contributed by atoms with van der Waals surface area (Å²) in [6.45, 7) is 1.95. The van der Waals surface area contributed by atoms with Gasteiger partial charge in [-0.1, -0.05) is 30.4 Å². The van der Waals surface area contributed by atoms with Crippen LogP contribution in [0.4, 0.5) is 10.5 Å². The van der Waals surface area contributed by atoms with Crippen molar-refractivity contribution >= 4 is 11.8 Å². The van der Waals surface area contributed by atoms with E-state index < -0.39 is 5.60 Å². The molecular weight excluding hydrogens is 214 g/mol. The molecule has 2 aliphatic rings. The fraction of sp³-hybridized carbons (Fsp3) is 0.214. The molecule has 3 heteroatoms. The molecule has 1 heterocycles. The van der Waals surface area contributed by atoms with Crippen LogP contribution in [-0.4, -0.2) is 11.7 Å². The van der Waals surface area contributed by atoms with Crippen LogP contribution in [0, 0.1) is 0 Å². The van der Waals surface area contributed by atoms with E-state index in [1.807, 2.05) is 55.5 Å². The molecule has 86 valence electrons. The average molecular weight is 227 g/mol. The van der Waals surface area contributed by atoms with Gasteiger partial charge in [-0.25, -0.2) is 9.69 Å². The van der Waals surface area contributed by atoms with Gasteiger partial charge in [0.15, 0.2) is 5.60 Å². The first-order valence-corrected chi connectivity index (χ1v) is 5.66. The van der Waals surface area contributed by atoms with Crippen molar-refractivity contribution in [3.63, 3.8) is 0 Å². The van der Waals surface area contributed by atoms with Crippen LogP contribution in [0.1, 0.15) is 13.3 Å². The summed E-state index contributed by atoms with van der Waals surface area (Å²) < 4.78 is 5.49. The number of amides is 1. The molecular formula is C14H13NO2. The fourth-order valence-corrected chi connectivity index (χ4v) is 2.30. The van der Waals surface area contributed by atoms with Crippen molar-refractivity contribution in [2.45, 2.75) is 18.9 Å². The van der Waals surface area contributed by atoms with Crippen LogP contribution in [0.3, 0.4) is 0 Å². The normalized spacial score (nSPS) is 26.5. The quantitative estimate of drug-likeness (QED) is 0.737. The van der Waals surface area contributed by atoms with E-state index in [9.17, 15) is 4.79 Å². The molecule has 0 aromatic heterocycles. The van der Waals surface area contributed by atoms with E-state index >= 15 is 0 Å². The second-order valence-corrected chi connectivity index (χ2v) is 4.45. The lowest BCUT2D eigenvalue weighted by molar-refractivity contribution is 0.0864. The number of carbonyl (C=O) groups is 1. The van der Waals surface area contributed by atoms with Crippen LogP contribution in [0.5, 0.6) is 0 Å². The molecule has 1 atom stereocenters. The average Bonchev–Trinajstić information content (AvgIpc) is 2.60. The van der Waals surface area contributed by atoms with Gasteiger partial charge in [-0.15, -0.1) is 0 Å². The van der Waals surface area contributed by atoms with E-state index in [0.717, 1.165) is 17.8 Å². The summed E-state index contributed by atoms with van der Waals surface area (Å²) in [4.78, 5) is 13.6. The number of allylic oxidation sites excluding steroid dienone is 2. The van der Waals surface area contributed by atoms with Gasteiger partial charge in [0.25, 0.3) is 0 Å². The zero-order valence-corrected chi connectivity index (χ0v) is 9.59. The Morgan fingerprint density at radius 3 is 2.82 bits per heavy atom. The van der Waals surface area contributed by atoms with E-state index in [2.05, 4.69) is 0 Å². The number of para-hydroxylation sites is 1. The molecule has 1 aliphatic heterocycles. The predicted octanol–water partition coefficient (Wildman–Crippen LogP) is 3.25. The van der Waals surface area contributed by atoms with Crippen molar-refractivity contribution in [3.05, 3.63) is 54.3 Å².